The quantitative estimate of drug-likeness (QED) is 0.902. The molecule has 0 radical (unpaired) electrons. The van der Waals surface area contributed by atoms with E-state index in [0.717, 1.165) is 30.2 Å². The Bertz CT molecular complexity index is 456. The van der Waals surface area contributed by atoms with E-state index in [0.29, 0.717) is 11.4 Å². The van der Waals surface area contributed by atoms with E-state index in [1.54, 1.807) is 13.2 Å². The minimum absolute atomic E-state index is 0.128. The molecule has 0 unspecified atom stereocenters. The standard InChI is InChI=1S/C13H17BrN2O2/c1-18-11-5-4-9(14)8-10(11)16-12(17)13(15)6-2-3-7-13/h4-5,8H,2-3,6-7,15H2,1H3,(H,16,17). The molecule has 1 amide bonds. The summed E-state index contributed by atoms with van der Waals surface area (Å²) in [5.41, 5.74) is 6.03. The fraction of sp³-hybridized carbons (Fsp3) is 0.462. The van der Waals surface area contributed by atoms with Crippen LogP contribution < -0.4 is 15.8 Å². The van der Waals surface area contributed by atoms with Crippen molar-refractivity contribution in [3.05, 3.63) is 22.7 Å². The zero-order chi connectivity index (χ0) is 13.2. The number of carbonyl (C=O) groups excluding carboxylic acids is 1. The van der Waals surface area contributed by atoms with Crippen LogP contribution in [0.5, 0.6) is 5.75 Å². The van der Waals surface area contributed by atoms with E-state index in [1.165, 1.54) is 0 Å². The van der Waals surface area contributed by atoms with Gasteiger partial charge in [-0.25, -0.2) is 0 Å². The van der Waals surface area contributed by atoms with E-state index in [4.69, 9.17) is 10.5 Å². The molecule has 0 aromatic heterocycles. The van der Waals surface area contributed by atoms with Gasteiger partial charge in [0.25, 0.3) is 0 Å². The number of anilines is 1. The minimum Gasteiger partial charge on any atom is -0.495 e. The van der Waals surface area contributed by atoms with Crippen molar-refractivity contribution in [1.82, 2.24) is 0 Å². The zero-order valence-corrected chi connectivity index (χ0v) is 11.9. The zero-order valence-electron chi connectivity index (χ0n) is 10.3. The lowest BCUT2D eigenvalue weighted by molar-refractivity contribution is -0.121. The van der Waals surface area contributed by atoms with Crippen molar-refractivity contribution >= 4 is 27.5 Å². The van der Waals surface area contributed by atoms with Gasteiger partial charge in [-0.05, 0) is 31.0 Å². The summed E-state index contributed by atoms with van der Waals surface area (Å²) in [6, 6.07) is 5.48. The minimum atomic E-state index is -0.729. The molecule has 0 spiro atoms. The van der Waals surface area contributed by atoms with E-state index in [-0.39, 0.29) is 5.91 Å². The van der Waals surface area contributed by atoms with Crippen LogP contribution in [0.25, 0.3) is 0 Å². The summed E-state index contributed by atoms with van der Waals surface area (Å²) in [6.07, 6.45) is 3.52. The second-order valence-electron chi connectivity index (χ2n) is 4.66. The van der Waals surface area contributed by atoms with E-state index < -0.39 is 5.54 Å². The van der Waals surface area contributed by atoms with E-state index in [2.05, 4.69) is 21.2 Å². The molecule has 0 aliphatic heterocycles. The van der Waals surface area contributed by atoms with Crippen LogP contribution in [-0.4, -0.2) is 18.6 Å². The number of amides is 1. The molecular weight excluding hydrogens is 296 g/mol. The molecule has 1 aliphatic carbocycles. The fourth-order valence-electron chi connectivity index (χ4n) is 2.26. The van der Waals surface area contributed by atoms with Gasteiger partial charge in [-0.15, -0.1) is 0 Å². The number of carbonyl (C=O) groups is 1. The SMILES string of the molecule is COc1ccc(Br)cc1NC(=O)C1(N)CCCC1. The predicted molar refractivity (Wildman–Crippen MR) is 74.7 cm³/mol. The highest BCUT2D eigenvalue weighted by Gasteiger charge is 2.37. The number of methoxy groups -OCH3 is 1. The molecule has 1 fully saturated rings. The van der Waals surface area contributed by atoms with Crippen LogP contribution in [0, 0.1) is 0 Å². The third kappa shape index (κ3) is 2.67. The first-order valence-electron chi connectivity index (χ1n) is 5.99. The Hall–Kier alpha value is -1.07. The molecule has 3 N–H and O–H groups in total. The summed E-state index contributed by atoms with van der Waals surface area (Å²) in [4.78, 5) is 12.2. The van der Waals surface area contributed by atoms with E-state index >= 15 is 0 Å². The van der Waals surface area contributed by atoms with Crippen molar-refractivity contribution in [2.24, 2.45) is 5.73 Å². The van der Waals surface area contributed by atoms with Crippen molar-refractivity contribution in [3.63, 3.8) is 0 Å². The smallest absolute Gasteiger partial charge is 0.244 e. The van der Waals surface area contributed by atoms with Crippen molar-refractivity contribution < 1.29 is 9.53 Å². The van der Waals surface area contributed by atoms with Crippen LogP contribution in [-0.2, 0) is 4.79 Å². The van der Waals surface area contributed by atoms with Gasteiger partial charge in [0, 0.05) is 4.47 Å². The number of hydrogen-bond acceptors (Lipinski definition) is 3. The maximum Gasteiger partial charge on any atom is 0.244 e. The highest BCUT2D eigenvalue weighted by Crippen LogP contribution is 2.32. The summed E-state index contributed by atoms with van der Waals surface area (Å²) < 4.78 is 6.11. The van der Waals surface area contributed by atoms with Crippen LogP contribution in [0.2, 0.25) is 0 Å². The Balaban J connectivity index is 2.18. The predicted octanol–water partition coefficient (Wildman–Crippen LogP) is 2.67. The Morgan fingerprint density at radius 3 is 2.72 bits per heavy atom. The third-order valence-electron chi connectivity index (χ3n) is 3.36. The van der Waals surface area contributed by atoms with Gasteiger partial charge in [0.1, 0.15) is 5.75 Å². The summed E-state index contributed by atoms with van der Waals surface area (Å²) in [7, 11) is 1.58. The molecule has 1 aliphatic rings. The Kier molecular flexibility index (Phi) is 3.92. The number of halogens is 1. The number of ether oxygens (including phenoxy) is 1. The maximum absolute atomic E-state index is 12.2. The average Bonchev–Trinajstić information content (AvgIpc) is 2.78. The second-order valence-corrected chi connectivity index (χ2v) is 5.58. The van der Waals surface area contributed by atoms with Crippen LogP contribution in [0.4, 0.5) is 5.69 Å². The molecule has 1 aromatic rings. The molecule has 18 heavy (non-hydrogen) atoms. The van der Waals surface area contributed by atoms with Crippen molar-refractivity contribution in [2.45, 2.75) is 31.2 Å². The second kappa shape index (κ2) is 5.28. The Morgan fingerprint density at radius 1 is 1.44 bits per heavy atom. The lowest BCUT2D eigenvalue weighted by Crippen LogP contribution is -2.48. The monoisotopic (exact) mass is 312 g/mol. The van der Waals surface area contributed by atoms with Gasteiger partial charge in [0.2, 0.25) is 5.91 Å². The molecule has 0 bridgehead atoms. The average molecular weight is 313 g/mol. The molecular formula is C13H17BrN2O2. The molecule has 0 saturated heterocycles. The number of hydrogen-bond donors (Lipinski definition) is 2. The lowest BCUT2D eigenvalue weighted by atomic mass is 9.98. The lowest BCUT2D eigenvalue weighted by Gasteiger charge is -2.23. The van der Waals surface area contributed by atoms with Gasteiger partial charge in [-0.3, -0.25) is 4.79 Å². The number of nitrogens with one attached hydrogen (secondary N) is 1. The van der Waals surface area contributed by atoms with Crippen molar-refractivity contribution in [2.75, 3.05) is 12.4 Å². The fourth-order valence-corrected chi connectivity index (χ4v) is 2.62. The van der Waals surface area contributed by atoms with Gasteiger partial charge in [0.15, 0.2) is 0 Å². The summed E-state index contributed by atoms with van der Waals surface area (Å²) >= 11 is 3.37. The molecule has 4 nitrogen and oxygen atoms in total. The van der Waals surface area contributed by atoms with E-state index in [9.17, 15) is 4.79 Å². The summed E-state index contributed by atoms with van der Waals surface area (Å²) in [6.45, 7) is 0. The highest BCUT2D eigenvalue weighted by atomic mass is 79.9. The van der Waals surface area contributed by atoms with E-state index in [1.807, 2.05) is 12.1 Å². The third-order valence-corrected chi connectivity index (χ3v) is 3.85. The van der Waals surface area contributed by atoms with Gasteiger partial charge in [-0.2, -0.15) is 0 Å². The maximum atomic E-state index is 12.2. The number of nitrogens with two attached hydrogens (primary N) is 1. The van der Waals surface area contributed by atoms with Crippen LogP contribution >= 0.6 is 15.9 Å². The van der Waals surface area contributed by atoms with Crippen LogP contribution in [0.1, 0.15) is 25.7 Å². The summed E-state index contributed by atoms with van der Waals surface area (Å²) in [5, 5.41) is 2.87. The number of rotatable bonds is 3. The normalized spacial score (nSPS) is 17.5. The molecule has 0 heterocycles. The largest absolute Gasteiger partial charge is 0.495 e. The molecule has 1 saturated carbocycles. The van der Waals surface area contributed by atoms with Gasteiger partial charge in [-0.1, -0.05) is 28.8 Å². The molecule has 2 rings (SSSR count). The first-order valence-corrected chi connectivity index (χ1v) is 6.78. The highest BCUT2D eigenvalue weighted by molar-refractivity contribution is 9.10. The Labute approximate surface area is 115 Å². The number of benzene rings is 1. The molecule has 98 valence electrons. The Morgan fingerprint density at radius 2 is 2.11 bits per heavy atom. The van der Waals surface area contributed by atoms with Gasteiger partial charge >= 0.3 is 0 Å². The van der Waals surface area contributed by atoms with Crippen LogP contribution in [0.3, 0.4) is 0 Å². The summed E-state index contributed by atoms with van der Waals surface area (Å²) in [5.74, 6) is 0.504. The van der Waals surface area contributed by atoms with Crippen molar-refractivity contribution in [1.29, 1.82) is 0 Å². The molecule has 1 aromatic carbocycles. The van der Waals surface area contributed by atoms with Gasteiger partial charge in [0.05, 0.1) is 18.3 Å². The van der Waals surface area contributed by atoms with Gasteiger partial charge < -0.3 is 15.8 Å². The molecule has 0 atom stereocenters. The van der Waals surface area contributed by atoms with Crippen LogP contribution in [0.15, 0.2) is 22.7 Å². The van der Waals surface area contributed by atoms with Crippen molar-refractivity contribution in [3.8, 4) is 5.75 Å². The first kappa shape index (κ1) is 13.4. The topological polar surface area (TPSA) is 64.3 Å². The first-order chi connectivity index (χ1) is 8.55. The molecule has 5 heteroatoms.